The predicted molar refractivity (Wildman–Crippen MR) is 79.7 cm³/mol. The molecule has 8 heteroatoms. The lowest BCUT2D eigenvalue weighted by molar-refractivity contribution is 0.411. The highest BCUT2D eigenvalue weighted by atomic mass is 32.2. The van der Waals surface area contributed by atoms with E-state index in [1.807, 2.05) is 0 Å². The molecule has 0 spiro atoms. The zero-order valence-electron chi connectivity index (χ0n) is 12.3. The molecular weight excluding hydrogens is 294 g/mol. The van der Waals surface area contributed by atoms with E-state index >= 15 is 0 Å². The topological polar surface area (TPSA) is 80.6 Å². The normalized spacial score (nSPS) is 16.3. The van der Waals surface area contributed by atoms with E-state index in [2.05, 4.69) is 4.72 Å². The average Bonchev–Trinajstić information content (AvgIpc) is 2.96. The third kappa shape index (κ3) is 3.84. The molecule has 0 aromatic carbocycles. The lowest BCUT2D eigenvalue weighted by atomic mass is 10.3. The standard InChI is InChI=1S/C13H21N3O4S/c1-11-9-12(20-2)10-13(17)16(11)8-5-14-21(18,19)15-6-3-4-7-15/h9-10,14H,3-8H2,1-2H3. The minimum absolute atomic E-state index is 0.186. The fourth-order valence-electron chi connectivity index (χ4n) is 2.41. The van der Waals surface area contributed by atoms with Crippen molar-refractivity contribution in [2.75, 3.05) is 26.7 Å². The highest BCUT2D eigenvalue weighted by molar-refractivity contribution is 7.87. The van der Waals surface area contributed by atoms with Crippen LogP contribution in [-0.2, 0) is 16.8 Å². The quantitative estimate of drug-likeness (QED) is 0.807. The number of ether oxygens (including phenoxy) is 1. The number of rotatable bonds is 6. The molecule has 0 amide bonds. The summed E-state index contributed by atoms with van der Waals surface area (Å²) in [5.74, 6) is 0.506. The average molecular weight is 315 g/mol. The van der Waals surface area contributed by atoms with Crippen LogP contribution in [-0.4, -0.2) is 44.0 Å². The third-order valence-electron chi connectivity index (χ3n) is 3.57. The highest BCUT2D eigenvalue weighted by Gasteiger charge is 2.24. The SMILES string of the molecule is COc1cc(C)n(CCNS(=O)(=O)N2CCCC2)c(=O)c1. The summed E-state index contributed by atoms with van der Waals surface area (Å²) in [6.07, 6.45) is 1.80. The Hall–Kier alpha value is -1.38. The van der Waals surface area contributed by atoms with Crippen LogP contribution in [0, 0.1) is 6.92 Å². The number of hydrogen-bond acceptors (Lipinski definition) is 4. The molecule has 0 aliphatic carbocycles. The van der Waals surface area contributed by atoms with Crippen molar-refractivity contribution in [1.29, 1.82) is 0 Å². The van der Waals surface area contributed by atoms with E-state index in [1.165, 1.54) is 22.0 Å². The summed E-state index contributed by atoms with van der Waals surface area (Å²) in [6.45, 7) is 3.40. The lowest BCUT2D eigenvalue weighted by Crippen LogP contribution is -2.41. The highest BCUT2D eigenvalue weighted by Crippen LogP contribution is 2.11. The van der Waals surface area contributed by atoms with E-state index < -0.39 is 10.2 Å². The molecule has 1 aromatic rings. The van der Waals surface area contributed by atoms with Gasteiger partial charge in [0, 0.05) is 37.9 Å². The summed E-state index contributed by atoms with van der Waals surface area (Å²) in [4.78, 5) is 11.9. The van der Waals surface area contributed by atoms with Gasteiger partial charge >= 0.3 is 0 Å². The van der Waals surface area contributed by atoms with E-state index in [-0.39, 0.29) is 12.1 Å². The summed E-state index contributed by atoms with van der Waals surface area (Å²) >= 11 is 0. The van der Waals surface area contributed by atoms with E-state index in [9.17, 15) is 13.2 Å². The number of methoxy groups -OCH3 is 1. The van der Waals surface area contributed by atoms with Crippen molar-refractivity contribution in [3.05, 3.63) is 28.2 Å². The molecule has 21 heavy (non-hydrogen) atoms. The van der Waals surface area contributed by atoms with E-state index in [0.29, 0.717) is 25.4 Å². The summed E-state index contributed by atoms with van der Waals surface area (Å²) in [7, 11) is -1.92. The second kappa shape index (κ2) is 6.59. The van der Waals surface area contributed by atoms with Gasteiger partial charge in [-0.15, -0.1) is 0 Å². The number of aromatic nitrogens is 1. The van der Waals surface area contributed by atoms with Gasteiger partial charge in [-0.1, -0.05) is 0 Å². The first kappa shape index (κ1) is 16.0. The Morgan fingerprint density at radius 3 is 2.52 bits per heavy atom. The van der Waals surface area contributed by atoms with E-state index in [1.54, 1.807) is 13.0 Å². The smallest absolute Gasteiger partial charge is 0.279 e. The summed E-state index contributed by atoms with van der Waals surface area (Å²) in [5, 5.41) is 0. The molecule has 0 unspecified atom stereocenters. The van der Waals surface area contributed by atoms with Gasteiger partial charge in [0.05, 0.1) is 7.11 Å². The molecular formula is C13H21N3O4S. The largest absolute Gasteiger partial charge is 0.496 e. The molecule has 1 saturated heterocycles. The first-order chi connectivity index (χ1) is 9.94. The Bertz CT molecular complexity index is 648. The minimum Gasteiger partial charge on any atom is -0.496 e. The number of hydrogen-bond donors (Lipinski definition) is 1. The fourth-order valence-corrected chi connectivity index (χ4v) is 3.68. The van der Waals surface area contributed by atoms with Gasteiger partial charge in [-0.3, -0.25) is 4.79 Å². The molecule has 1 aliphatic rings. The Labute approximate surface area is 124 Å². The van der Waals surface area contributed by atoms with Gasteiger partial charge in [-0.2, -0.15) is 12.7 Å². The molecule has 1 aliphatic heterocycles. The predicted octanol–water partition coefficient (Wildman–Crippen LogP) is 0.0955. The molecule has 2 heterocycles. The van der Waals surface area contributed by atoms with Crippen molar-refractivity contribution in [2.45, 2.75) is 26.3 Å². The molecule has 7 nitrogen and oxygen atoms in total. The zero-order valence-corrected chi connectivity index (χ0v) is 13.1. The molecule has 1 fully saturated rings. The van der Waals surface area contributed by atoms with E-state index in [4.69, 9.17) is 4.74 Å². The molecule has 1 N–H and O–H groups in total. The Kier molecular flexibility index (Phi) is 5.02. The molecule has 118 valence electrons. The summed E-state index contributed by atoms with van der Waals surface area (Å²) in [5.41, 5.74) is 0.534. The lowest BCUT2D eigenvalue weighted by Gasteiger charge is -2.17. The maximum absolute atomic E-state index is 12.0. The number of nitrogens with one attached hydrogen (secondary N) is 1. The number of pyridine rings is 1. The second-order valence-corrected chi connectivity index (χ2v) is 6.79. The van der Waals surface area contributed by atoms with Crippen molar-refractivity contribution in [2.24, 2.45) is 0 Å². The van der Waals surface area contributed by atoms with Crippen LogP contribution in [0.3, 0.4) is 0 Å². The monoisotopic (exact) mass is 315 g/mol. The summed E-state index contributed by atoms with van der Waals surface area (Å²) in [6, 6.07) is 3.14. The van der Waals surface area contributed by atoms with Crippen LogP contribution >= 0.6 is 0 Å². The van der Waals surface area contributed by atoms with Gasteiger partial charge in [0.25, 0.3) is 15.8 Å². The zero-order chi connectivity index (χ0) is 15.5. The van der Waals surface area contributed by atoms with Crippen molar-refractivity contribution in [1.82, 2.24) is 13.6 Å². The van der Waals surface area contributed by atoms with Crippen LogP contribution in [0.1, 0.15) is 18.5 Å². The minimum atomic E-state index is -3.43. The molecule has 0 bridgehead atoms. The molecule has 0 atom stereocenters. The van der Waals surface area contributed by atoms with Crippen molar-refractivity contribution < 1.29 is 13.2 Å². The van der Waals surface area contributed by atoms with Crippen LogP contribution in [0.5, 0.6) is 5.75 Å². The van der Waals surface area contributed by atoms with Crippen molar-refractivity contribution in [3.8, 4) is 5.75 Å². The van der Waals surface area contributed by atoms with Gasteiger partial charge in [0.15, 0.2) is 0 Å². The maximum atomic E-state index is 12.0. The molecule has 0 saturated carbocycles. The summed E-state index contributed by atoms with van der Waals surface area (Å²) < 4.78 is 34.5. The Balaban J connectivity index is 1.99. The molecule has 0 radical (unpaired) electrons. The van der Waals surface area contributed by atoms with Gasteiger partial charge < -0.3 is 9.30 Å². The van der Waals surface area contributed by atoms with Gasteiger partial charge in [-0.05, 0) is 25.8 Å². The van der Waals surface area contributed by atoms with Crippen molar-refractivity contribution >= 4 is 10.2 Å². The molecule has 1 aromatic heterocycles. The first-order valence-electron chi connectivity index (χ1n) is 6.94. The second-order valence-electron chi connectivity index (χ2n) is 5.03. The van der Waals surface area contributed by atoms with Crippen LogP contribution in [0.4, 0.5) is 0 Å². The fraction of sp³-hybridized carbons (Fsp3) is 0.615. The maximum Gasteiger partial charge on any atom is 0.279 e. The van der Waals surface area contributed by atoms with Gasteiger partial charge in [-0.25, -0.2) is 4.72 Å². The van der Waals surface area contributed by atoms with E-state index in [0.717, 1.165) is 18.5 Å². The van der Waals surface area contributed by atoms with Crippen LogP contribution < -0.4 is 15.0 Å². The van der Waals surface area contributed by atoms with Gasteiger partial charge in [0.2, 0.25) is 0 Å². The van der Waals surface area contributed by atoms with Crippen LogP contribution in [0.25, 0.3) is 0 Å². The first-order valence-corrected chi connectivity index (χ1v) is 8.38. The number of nitrogens with zero attached hydrogens (tertiary/aromatic N) is 2. The third-order valence-corrected chi connectivity index (χ3v) is 5.18. The van der Waals surface area contributed by atoms with Gasteiger partial charge in [0.1, 0.15) is 5.75 Å². The van der Waals surface area contributed by atoms with Crippen LogP contribution in [0.2, 0.25) is 0 Å². The Morgan fingerprint density at radius 2 is 1.95 bits per heavy atom. The number of aryl methyl sites for hydroxylation is 1. The van der Waals surface area contributed by atoms with Crippen molar-refractivity contribution in [3.63, 3.8) is 0 Å². The molecule has 2 rings (SSSR count). The Morgan fingerprint density at radius 1 is 1.29 bits per heavy atom. The van der Waals surface area contributed by atoms with Crippen LogP contribution in [0.15, 0.2) is 16.9 Å².